The molecule has 3 heterocycles. The summed E-state index contributed by atoms with van der Waals surface area (Å²) in [6.07, 6.45) is 4.14. The number of likely N-dealkylation sites (N-methyl/N-ethyl adjacent to an activating group) is 1. The molecule has 2 fully saturated rings. The standard InChI is InChI=1S/C17H27N3O3S/c1-3-10-24(21,22)20-9-7-17(14-20)11-16(13-23-17)19(2)12-15-6-4-5-8-18-15/h4-6,8,16H,3,7,9-14H2,1-2H3. The lowest BCUT2D eigenvalue weighted by atomic mass is 9.96. The molecule has 2 unspecified atom stereocenters. The highest BCUT2D eigenvalue weighted by Gasteiger charge is 2.48. The lowest BCUT2D eigenvalue weighted by molar-refractivity contribution is 0.0153. The topological polar surface area (TPSA) is 62.7 Å². The summed E-state index contributed by atoms with van der Waals surface area (Å²) < 4.78 is 32.3. The van der Waals surface area contributed by atoms with Crippen LogP contribution in [0.1, 0.15) is 31.9 Å². The Morgan fingerprint density at radius 1 is 1.46 bits per heavy atom. The van der Waals surface area contributed by atoms with Crippen LogP contribution in [0.25, 0.3) is 0 Å². The van der Waals surface area contributed by atoms with Crippen molar-refractivity contribution in [1.82, 2.24) is 14.2 Å². The van der Waals surface area contributed by atoms with E-state index in [9.17, 15) is 8.42 Å². The van der Waals surface area contributed by atoms with Gasteiger partial charge in [0.15, 0.2) is 0 Å². The Bertz CT molecular complexity index is 652. The number of ether oxygens (including phenoxy) is 1. The van der Waals surface area contributed by atoms with E-state index in [1.807, 2.05) is 31.3 Å². The fourth-order valence-corrected chi connectivity index (χ4v) is 5.27. The van der Waals surface area contributed by atoms with E-state index in [0.29, 0.717) is 32.2 Å². The van der Waals surface area contributed by atoms with Crippen LogP contribution in [0.5, 0.6) is 0 Å². The average molecular weight is 353 g/mol. The monoisotopic (exact) mass is 353 g/mol. The summed E-state index contributed by atoms with van der Waals surface area (Å²) in [5.41, 5.74) is 0.739. The van der Waals surface area contributed by atoms with Crippen molar-refractivity contribution in [2.45, 2.75) is 44.4 Å². The number of rotatable bonds is 6. The highest BCUT2D eigenvalue weighted by Crippen LogP contribution is 2.37. The molecule has 2 aliphatic rings. The molecule has 0 bridgehead atoms. The minimum atomic E-state index is -3.13. The Morgan fingerprint density at radius 3 is 3.00 bits per heavy atom. The van der Waals surface area contributed by atoms with Gasteiger partial charge in [-0.3, -0.25) is 9.88 Å². The Kier molecular flexibility index (Phi) is 5.24. The van der Waals surface area contributed by atoms with E-state index in [0.717, 1.165) is 25.1 Å². The summed E-state index contributed by atoms with van der Waals surface area (Å²) in [5, 5.41) is 0. The SMILES string of the molecule is CCCS(=O)(=O)N1CCC2(CC(N(C)Cc3ccccn3)CO2)C1. The third-order valence-corrected chi connectivity index (χ3v) is 7.11. The summed E-state index contributed by atoms with van der Waals surface area (Å²) in [4.78, 5) is 6.64. The van der Waals surface area contributed by atoms with Crippen LogP contribution in [0.3, 0.4) is 0 Å². The van der Waals surface area contributed by atoms with Gasteiger partial charge in [0, 0.05) is 31.9 Å². The van der Waals surface area contributed by atoms with Gasteiger partial charge >= 0.3 is 0 Å². The molecule has 0 amide bonds. The minimum absolute atomic E-state index is 0.228. The van der Waals surface area contributed by atoms with Gasteiger partial charge in [0.2, 0.25) is 10.0 Å². The summed E-state index contributed by atoms with van der Waals surface area (Å²) in [7, 11) is -1.04. The van der Waals surface area contributed by atoms with Crippen LogP contribution in [0.15, 0.2) is 24.4 Å². The van der Waals surface area contributed by atoms with Gasteiger partial charge in [-0.25, -0.2) is 8.42 Å². The van der Waals surface area contributed by atoms with Gasteiger partial charge in [0.05, 0.1) is 23.7 Å². The molecule has 0 N–H and O–H groups in total. The van der Waals surface area contributed by atoms with Crippen molar-refractivity contribution in [1.29, 1.82) is 0 Å². The molecule has 24 heavy (non-hydrogen) atoms. The van der Waals surface area contributed by atoms with E-state index in [4.69, 9.17) is 4.74 Å². The molecule has 3 rings (SSSR count). The molecule has 0 saturated carbocycles. The van der Waals surface area contributed by atoms with Gasteiger partial charge in [0.25, 0.3) is 0 Å². The van der Waals surface area contributed by atoms with Crippen molar-refractivity contribution in [3.8, 4) is 0 Å². The molecule has 0 aromatic carbocycles. The number of hydrogen-bond donors (Lipinski definition) is 0. The Hall–Kier alpha value is -1.02. The molecule has 1 aromatic rings. The third-order valence-electron chi connectivity index (χ3n) is 5.09. The predicted molar refractivity (Wildman–Crippen MR) is 93.1 cm³/mol. The second kappa shape index (κ2) is 7.07. The zero-order chi connectivity index (χ0) is 17.2. The van der Waals surface area contributed by atoms with Crippen LogP contribution in [-0.4, -0.2) is 66.7 Å². The van der Waals surface area contributed by atoms with E-state index in [-0.39, 0.29) is 11.4 Å². The van der Waals surface area contributed by atoms with Crippen molar-refractivity contribution in [3.05, 3.63) is 30.1 Å². The van der Waals surface area contributed by atoms with Crippen molar-refractivity contribution in [2.75, 3.05) is 32.5 Å². The smallest absolute Gasteiger partial charge is 0.214 e. The summed E-state index contributed by atoms with van der Waals surface area (Å²) in [6, 6.07) is 6.24. The minimum Gasteiger partial charge on any atom is -0.372 e. The number of nitrogens with zero attached hydrogens (tertiary/aromatic N) is 3. The largest absolute Gasteiger partial charge is 0.372 e. The maximum Gasteiger partial charge on any atom is 0.214 e. The second-order valence-electron chi connectivity index (χ2n) is 6.99. The summed E-state index contributed by atoms with van der Waals surface area (Å²) in [5.74, 6) is 0.228. The van der Waals surface area contributed by atoms with Crippen molar-refractivity contribution in [2.24, 2.45) is 0 Å². The van der Waals surface area contributed by atoms with Crippen LogP contribution < -0.4 is 0 Å². The zero-order valence-corrected chi connectivity index (χ0v) is 15.3. The van der Waals surface area contributed by atoms with Gasteiger partial charge in [0.1, 0.15) is 0 Å². The predicted octanol–water partition coefficient (Wildman–Crippen LogP) is 1.49. The highest BCUT2D eigenvalue weighted by atomic mass is 32.2. The average Bonchev–Trinajstić information content (AvgIpc) is 3.17. The van der Waals surface area contributed by atoms with E-state index in [1.165, 1.54) is 0 Å². The first-order chi connectivity index (χ1) is 11.4. The molecule has 7 heteroatoms. The molecule has 1 aromatic heterocycles. The maximum atomic E-state index is 12.3. The zero-order valence-electron chi connectivity index (χ0n) is 14.5. The molecule has 134 valence electrons. The van der Waals surface area contributed by atoms with Crippen LogP contribution >= 0.6 is 0 Å². The lowest BCUT2D eigenvalue weighted by Gasteiger charge is -2.25. The van der Waals surface area contributed by atoms with Crippen molar-refractivity contribution in [3.63, 3.8) is 0 Å². The molecular weight excluding hydrogens is 326 g/mol. The quantitative estimate of drug-likeness (QED) is 0.775. The van der Waals surface area contributed by atoms with E-state index < -0.39 is 10.0 Å². The summed E-state index contributed by atoms with van der Waals surface area (Å²) >= 11 is 0. The van der Waals surface area contributed by atoms with Gasteiger partial charge in [-0.2, -0.15) is 4.31 Å². The van der Waals surface area contributed by atoms with E-state index in [2.05, 4.69) is 16.9 Å². The number of pyridine rings is 1. The Balaban J connectivity index is 1.59. The second-order valence-corrected chi connectivity index (χ2v) is 9.08. The van der Waals surface area contributed by atoms with Gasteiger partial charge in [-0.1, -0.05) is 13.0 Å². The molecule has 1 spiro atoms. The highest BCUT2D eigenvalue weighted by molar-refractivity contribution is 7.89. The van der Waals surface area contributed by atoms with Crippen LogP contribution in [0.2, 0.25) is 0 Å². The maximum absolute atomic E-state index is 12.3. The molecule has 6 nitrogen and oxygen atoms in total. The molecule has 2 aliphatic heterocycles. The molecule has 2 atom stereocenters. The molecule has 0 radical (unpaired) electrons. The lowest BCUT2D eigenvalue weighted by Crippen LogP contribution is -2.38. The van der Waals surface area contributed by atoms with E-state index in [1.54, 1.807) is 4.31 Å². The molecule has 2 saturated heterocycles. The van der Waals surface area contributed by atoms with Gasteiger partial charge in [-0.15, -0.1) is 0 Å². The number of hydrogen-bond acceptors (Lipinski definition) is 5. The third kappa shape index (κ3) is 3.79. The van der Waals surface area contributed by atoms with Gasteiger partial charge in [-0.05, 0) is 38.4 Å². The number of aromatic nitrogens is 1. The van der Waals surface area contributed by atoms with Crippen LogP contribution in [0, 0.1) is 0 Å². The normalized spacial score (nSPS) is 28.2. The Morgan fingerprint density at radius 2 is 2.29 bits per heavy atom. The van der Waals surface area contributed by atoms with Crippen LogP contribution in [-0.2, 0) is 21.3 Å². The fraction of sp³-hybridized carbons (Fsp3) is 0.706. The fourth-order valence-electron chi connectivity index (χ4n) is 3.70. The molecule has 0 aliphatic carbocycles. The van der Waals surface area contributed by atoms with E-state index >= 15 is 0 Å². The summed E-state index contributed by atoms with van der Waals surface area (Å²) in [6.45, 7) is 4.42. The Labute approximate surface area is 144 Å². The van der Waals surface area contributed by atoms with Gasteiger partial charge < -0.3 is 4.74 Å². The van der Waals surface area contributed by atoms with Crippen molar-refractivity contribution >= 4 is 10.0 Å². The van der Waals surface area contributed by atoms with Crippen LogP contribution in [0.4, 0.5) is 0 Å². The molecular formula is C17H27N3O3S. The first-order valence-electron chi connectivity index (χ1n) is 8.66. The first kappa shape index (κ1) is 17.8. The first-order valence-corrected chi connectivity index (χ1v) is 10.3. The number of sulfonamides is 1. The van der Waals surface area contributed by atoms with Crippen molar-refractivity contribution < 1.29 is 13.2 Å².